The standard InChI is InChI=1S/C23H22N2O4/c1-10-6-5-7-11-15(10)21(28)18-17(19(11)26)20(27)12-9-23(2)14(24-3)8-13(25(23)4)16(12)22(18)29/h5-7,13,27,29H,8-9H2,1-4H3. The number of ketones is 2. The molecule has 6 heteroatoms. The highest BCUT2D eigenvalue weighted by Crippen LogP contribution is 2.55. The summed E-state index contributed by atoms with van der Waals surface area (Å²) < 4.78 is 0. The molecule has 0 radical (unpaired) electrons. The number of phenolic OH excluding ortho intramolecular Hbond substituents is 2. The number of carbonyl (C=O) groups is 2. The van der Waals surface area contributed by atoms with Crippen molar-refractivity contribution in [2.45, 2.75) is 38.3 Å². The van der Waals surface area contributed by atoms with Crippen LogP contribution in [0.25, 0.3) is 0 Å². The van der Waals surface area contributed by atoms with Crippen molar-refractivity contribution in [3.63, 3.8) is 0 Å². The van der Waals surface area contributed by atoms with E-state index in [1.165, 1.54) is 0 Å². The zero-order valence-corrected chi connectivity index (χ0v) is 16.8. The number of rotatable bonds is 0. The van der Waals surface area contributed by atoms with Crippen LogP contribution in [0.3, 0.4) is 0 Å². The van der Waals surface area contributed by atoms with Crippen LogP contribution in [0.2, 0.25) is 0 Å². The number of benzene rings is 2. The highest BCUT2D eigenvalue weighted by molar-refractivity contribution is 6.31. The summed E-state index contributed by atoms with van der Waals surface area (Å²) in [5.41, 5.74) is 2.76. The van der Waals surface area contributed by atoms with Crippen LogP contribution in [0.15, 0.2) is 23.2 Å². The zero-order valence-electron chi connectivity index (χ0n) is 16.8. The molecule has 2 aromatic rings. The molecule has 2 N–H and O–H groups in total. The second-order valence-corrected chi connectivity index (χ2v) is 8.45. The van der Waals surface area contributed by atoms with E-state index in [1.807, 2.05) is 7.05 Å². The number of likely N-dealkylation sites (N-methyl/N-ethyl adjacent to an activating group) is 1. The average Bonchev–Trinajstić information content (AvgIpc) is 2.84. The maximum Gasteiger partial charge on any atom is 0.198 e. The summed E-state index contributed by atoms with van der Waals surface area (Å²) in [7, 11) is 3.71. The van der Waals surface area contributed by atoms with E-state index in [0.717, 1.165) is 5.71 Å². The quantitative estimate of drug-likeness (QED) is 0.576. The van der Waals surface area contributed by atoms with Crippen molar-refractivity contribution in [2.24, 2.45) is 4.99 Å². The SMILES string of the molecule is CN=C1CC2c3c(O)c4c(c(O)c3CC1(C)N2C)C(=O)c1cccc(C)c1C4=O. The summed E-state index contributed by atoms with van der Waals surface area (Å²) in [6.07, 6.45) is 1.02. The van der Waals surface area contributed by atoms with Gasteiger partial charge in [-0.25, -0.2) is 0 Å². The Morgan fingerprint density at radius 3 is 2.48 bits per heavy atom. The van der Waals surface area contributed by atoms with Crippen molar-refractivity contribution in [3.8, 4) is 11.5 Å². The van der Waals surface area contributed by atoms with E-state index in [4.69, 9.17) is 0 Å². The fraction of sp³-hybridized carbons (Fsp3) is 0.348. The molecule has 0 saturated carbocycles. The van der Waals surface area contributed by atoms with E-state index in [1.54, 1.807) is 32.2 Å². The molecule has 3 aliphatic rings. The Morgan fingerprint density at radius 1 is 1.10 bits per heavy atom. The van der Waals surface area contributed by atoms with E-state index < -0.39 is 17.1 Å². The van der Waals surface area contributed by atoms with Crippen LogP contribution in [0, 0.1) is 6.92 Å². The molecule has 2 aliphatic heterocycles. The Bertz CT molecular complexity index is 1180. The molecule has 5 rings (SSSR count). The molecule has 2 bridgehead atoms. The van der Waals surface area contributed by atoms with Gasteiger partial charge in [-0.2, -0.15) is 0 Å². The van der Waals surface area contributed by atoms with Gasteiger partial charge in [0.1, 0.15) is 11.5 Å². The fourth-order valence-electron chi connectivity index (χ4n) is 5.48. The predicted octanol–water partition coefficient (Wildman–Crippen LogP) is 2.94. The van der Waals surface area contributed by atoms with Crippen molar-refractivity contribution < 1.29 is 19.8 Å². The topological polar surface area (TPSA) is 90.2 Å². The monoisotopic (exact) mass is 390 g/mol. The summed E-state index contributed by atoms with van der Waals surface area (Å²) in [5.74, 6) is -1.20. The molecule has 1 aliphatic carbocycles. The molecule has 6 nitrogen and oxygen atoms in total. The van der Waals surface area contributed by atoms with Gasteiger partial charge in [-0.05, 0) is 26.5 Å². The van der Waals surface area contributed by atoms with Crippen LogP contribution >= 0.6 is 0 Å². The first-order valence-electron chi connectivity index (χ1n) is 9.71. The molecule has 0 aromatic heterocycles. The second-order valence-electron chi connectivity index (χ2n) is 8.45. The molecule has 0 amide bonds. The molecule has 1 fully saturated rings. The molecular weight excluding hydrogens is 368 g/mol. The van der Waals surface area contributed by atoms with E-state index in [0.29, 0.717) is 35.1 Å². The van der Waals surface area contributed by atoms with Gasteiger partial charge in [0.25, 0.3) is 0 Å². The molecular formula is C23H22N2O4. The summed E-state index contributed by atoms with van der Waals surface area (Å²) >= 11 is 0. The van der Waals surface area contributed by atoms with E-state index >= 15 is 0 Å². The van der Waals surface area contributed by atoms with Gasteiger partial charge in [-0.3, -0.25) is 19.5 Å². The van der Waals surface area contributed by atoms with Gasteiger partial charge >= 0.3 is 0 Å². The number of aryl methyl sites for hydroxylation is 1. The van der Waals surface area contributed by atoms with E-state index in [2.05, 4.69) is 16.8 Å². The van der Waals surface area contributed by atoms with Gasteiger partial charge in [-0.15, -0.1) is 0 Å². The van der Waals surface area contributed by atoms with Crippen molar-refractivity contribution in [1.82, 2.24) is 4.90 Å². The molecule has 148 valence electrons. The number of hydrogen-bond donors (Lipinski definition) is 2. The van der Waals surface area contributed by atoms with Crippen molar-refractivity contribution in [1.29, 1.82) is 0 Å². The Morgan fingerprint density at radius 2 is 1.79 bits per heavy atom. The lowest BCUT2D eigenvalue weighted by Crippen LogP contribution is -2.48. The summed E-state index contributed by atoms with van der Waals surface area (Å²) in [5, 5.41) is 22.4. The molecule has 29 heavy (non-hydrogen) atoms. The average molecular weight is 390 g/mol. The lowest BCUT2D eigenvalue weighted by Gasteiger charge is -2.42. The first-order valence-corrected chi connectivity index (χ1v) is 9.71. The predicted molar refractivity (Wildman–Crippen MR) is 108 cm³/mol. The third-order valence-corrected chi connectivity index (χ3v) is 7.17. The molecule has 2 aromatic carbocycles. The second kappa shape index (κ2) is 5.54. The summed E-state index contributed by atoms with van der Waals surface area (Å²) in [6.45, 7) is 3.82. The number of fused-ring (bicyclic) bond motifs is 6. The number of hydrogen-bond acceptors (Lipinski definition) is 6. The Hall–Kier alpha value is -2.99. The smallest absolute Gasteiger partial charge is 0.198 e. The summed E-state index contributed by atoms with van der Waals surface area (Å²) in [6, 6.07) is 4.88. The van der Waals surface area contributed by atoms with Gasteiger partial charge in [-0.1, -0.05) is 18.2 Å². The minimum absolute atomic E-state index is 0.0769. The van der Waals surface area contributed by atoms with Gasteiger partial charge < -0.3 is 10.2 Å². The number of nitrogens with zero attached hydrogens (tertiary/aromatic N) is 2. The highest BCUT2D eigenvalue weighted by atomic mass is 16.3. The largest absolute Gasteiger partial charge is 0.507 e. The third kappa shape index (κ3) is 1.97. The third-order valence-electron chi connectivity index (χ3n) is 7.17. The minimum Gasteiger partial charge on any atom is -0.507 e. The molecule has 2 heterocycles. The first kappa shape index (κ1) is 18.1. The highest BCUT2D eigenvalue weighted by Gasteiger charge is 2.53. The van der Waals surface area contributed by atoms with Gasteiger partial charge in [0.2, 0.25) is 0 Å². The van der Waals surface area contributed by atoms with Gasteiger partial charge in [0.05, 0.1) is 16.7 Å². The normalized spacial score (nSPS) is 26.5. The molecule has 0 spiro atoms. The number of aromatic hydroxyl groups is 2. The van der Waals surface area contributed by atoms with Crippen molar-refractivity contribution >= 4 is 17.3 Å². The Kier molecular flexibility index (Phi) is 3.45. The Balaban J connectivity index is 1.84. The summed E-state index contributed by atoms with van der Waals surface area (Å²) in [4.78, 5) is 33.2. The zero-order chi connectivity index (χ0) is 20.8. The van der Waals surface area contributed by atoms with Gasteiger partial charge in [0, 0.05) is 53.9 Å². The van der Waals surface area contributed by atoms with E-state index in [-0.39, 0.29) is 34.2 Å². The molecule has 2 unspecified atom stereocenters. The van der Waals surface area contributed by atoms with Crippen LogP contribution in [0.1, 0.15) is 67.9 Å². The maximum atomic E-state index is 13.3. The molecule has 1 saturated heterocycles. The Labute approximate surface area is 168 Å². The number of aliphatic imine (C=N–C) groups is 1. The van der Waals surface area contributed by atoms with Crippen LogP contribution in [-0.2, 0) is 6.42 Å². The lowest BCUT2D eigenvalue weighted by atomic mass is 9.76. The van der Waals surface area contributed by atoms with E-state index in [9.17, 15) is 19.8 Å². The minimum atomic E-state index is -0.422. The number of carbonyl (C=O) groups excluding carboxylic acids is 2. The van der Waals surface area contributed by atoms with Crippen molar-refractivity contribution in [2.75, 3.05) is 14.1 Å². The fourth-order valence-corrected chi connectivity index (χ4v) is 5.48. The lowest BCUT2D eigenvalue weighted by molar-refractivity contribution is 0.0971. The van der Waals surface area contributed by atoms with Crippen LogP contribution in [0.5, 0.6) is 11.5 Å². The first-order chi connectivity index (χ1) is 13.7. The van der Waals surface area contributed by atoms with Gasteiger partial charge in [0.15, 0.2) is 11.6 Å². The number of phenols is 2. The van der Waals surface area contributed by atoms with Crippen LogP contribution in [-0.4, -0.2) is 52.0 Å². The maximum absolute atomic E-state index is 13.3. The van der Waals surface area contributed by atoms with Crippen LogP contribution in [0.4, 0.5) is 0 Å². The van der Waals surface area contributed by atoms with Crippen LogP contribution < -0.4 is 0 Å². The molecule has 2 atom stereocenters. The van der Waals surface area contributed by atoms with Crippen molar-refractivity contribution in [3.05, 3.63) is 57.1 Å².